The van der Waals surface area contributed by atoms with Gasteiger partial charge in [-0.3, -0.25) is 24.1 Å². The smallest absolute Gasteiger partial charge is 0.338 e. The number of thioether (sulfide) groups is 1. The number of amides is 3. The van der Waals surface area contributed by atoms with Crippen molar-refractivity contribution in [2.45, 2.75) is 36.5 Å². The second kappa shape index (κ2) is 12.3. The van der Waals surface area contributed by atoms with E-state index in [2.05, 4.69) is 10.3 Å². The third-order valence-corrected chi connectivity index (χ3v) is 13.0. The first-order chi connectivity index (χ1) is 23.7. The number of aromatic nitrogens is 1. The fourth-order valence-corrected chi connectivity index (χ4v) is 11.3. The van der Waals surface area contributed by atoms with Gasteiger partial charge in [-0.1, -0.05) is 41.7 Å². The number of rotatable bonds is 8. The van der Waals surface area contributed by atoms with Crippen LogP contribution in [-0.2, 0) is 19.1 Å². The number of fused-ring (bicyclic) bond motifs is 9. The molecule has 8 rings (SSSR count). The molecule has 3 fully saturated rings. The Kier molecular flexibility index (Phi) is 7.95. The molecule has 2 saturated carbocycles. The summed E-state index contributed by atoms with van der Waals surface area (Å²) in [5.41, 5.74) is 3.43. The zero-order chi connectivity index (χ0) is 34.0. The third kappa shape index (κ3) is 5.28. The number of para-hydroxylation sites is 1. The maximum absolute atomic E-state index is 14.1. The summed E-state index contributed by atoms with van der Waals surface area (Å²) in [5, 5.41) is 3.74. The van der Waals surface area contributed by atoms with Crippen LogP contribution in [0.25, 0.3) is 0 Å². The third-order valence-electron chi connectivity index (χ3n) is 10.4. The number of aryl methyl sites for hydroxylation is 1. The fourth-order valence-electron chi connectivity index (χ4n) is 8.45. The first-order valence-corrected chi connectivity index (χ1v) is 18.1. The van der Waals surface area contributed by atoms with E-state index in [0.29, 0.717) is 17.0 Å². The standard InChI is InChI=1S/C37H33N3O7S2/c1-3-46-36(44)19-11-13-21(14-12-19)40-34(42)29-23-16-24(30(29)35(40)43)31-28(23)27(32-33(48-31)39-37(45)49-32)20-8-6-9-22(15-20)47-17-26(41)38-25-10-5-4-7-18(25)2/h4-15,23-24,27-31H,3,16-17H2,1-2H3,(H,38,41)(H,39,45)/t23-,24-,27+,28-,29+,30+,31-/m1/s1. The lowest BCUT2D eigenvalue weighted by molar-refractivity contribution is -0.123. The molecule has 2 N–H and O–H groups in total. The maximum atomic E-state index is 14.1. The van der Waals surface area contributed by atoms with Crippen molar-refractivity contribution in [2.75, 3.05) is 23.4 Å². The Morgan fingerprint density at radius 2 is 1.71 bits per heavy atom. The molecule has 2 aliphatic heterocycles. The van der Waals surface area contributed by atoms with Crippen LogP contribution in [0, 0.1) is 36.5 Å². The van der Waals surface area contributed by atoms with Crippen LogP contribution in [0.5, 0.6) is 5.75 Å². The second-order valence-corrected chi connectivity index (χ2v) is 15.2. The SMILES string of the molecule is CCOC(=O)c1ccc(N2C(=O)[C@H]3[C@H]4C[C@@H]([C@@H]3C2=O)[C@@H]2[C@H](c3cccc(OCC(=O)Nc5ccccc5C)c3)c3sc(=O)[nH]c3S[C@H]42)cc1. The van der Waals surface area contributed by atoms with Crippen LogP contribution in [0.2, 0.25) is 0 Å². The number of hydrogen-bond acceptors (Lipinski definition) is 9. The summed E-state index contributed by atoms with van der Waals surface area (Å²) in [7, 11) is 0. The summed E-state index contributed by atoms with van der Waals surface area (Å²) in [5.74, 6) is -1.79. The monoisotopic (exact) mass is 695 g/mol. The highest BCUT2D eigenvalue weighted by Crippen LogP contribution is 2.68. The number of aromatic amines is 1. The minimum atomic E-state index is -0.464. The van der Waals surface area contributed by atoms with Crippen molar-refractivity contribution in [3.05, 3.63) is 104 Å². The number of benzene rings is 3. The molecule has 12 heteroatoms. The molecule has 4 aromatic rings. The number of ether oxygens (including phenoxy) is 2. The van der Waals surface area contributed by atoms with E-state index in [0.717, 1.165) is 33.1 Å². The van der Waals surface area contributed by atoms with Gasteiger partial charge in [0.1, 0.15) is 5.75 Å². The summed E-state index contributed by atoms with van der Waals surface area (Å²) < 4.78 is 11.0. The first-order valence-electron chi connectivity index (χ1n) is 16.4. The fraction of sp³-hybridized carbons (Fsp3) is 0.324. The molecule has 3 aromatic carbocycles. The summed E-state index contributed by atoms with van der Waals surface area (Å²) in [6.45, 7) is 3.74. The number of nitrogens with one attached hydrogen (secondary N) is 2. The van der Waals surface area contributed by atoms with Gasteiger partial charge in [0.2, 0.25) is 11.8 Å². The zero-order valence-electron chi connectivity index (χ0n) is 26.7. The van der Waals surface area contributed by atoms with E-state index in [9.17, 15) is 24.0 Å². The first kappa shape index (κ1) is 31.6. The van der Waals surface area contributed by atoms with Crippen molar-refractivity contribution in [1.29, 1.82) is 0 Å². The minimum absolute atomic E-state index is 0.0118. The van der Waals surface area contributed by atoms with E-state index in [1.165, 1.54) is 16.2 Å². The average molecular weight is 696 g/mol. The molecule has 49 heavy (non-hydrogen) atoms. The van der Waals surface area contributed by atoms with E-state index in [-0.39, 0.29) is 64.7 Å². The van der Waals surface area contributed by atoms with E-state index in [1.807, 2.05) is 49.4 Å². The highest BCUT2D eigenvalue weighted by Gasteiger charge is 2.69. The lowest BCUT2D eigenvalue weighted by atomic mass is 9.68. The minimum Gasteiger partial charge on any atom is -0.484 e. The van der Waals surface area contributed by atoms with E-state index in [4.69, 9.17) is 9.47 Å². The van der Waals surface area contributed by atoms with Gasteiger partial charge in [0, 0.05) is 21.7 Å². The van der Waals surface area contributed by atoms with Gasteiger partial charge in [0.15, 0.2) is 6.61 Å². The average Bonchev–Trinajstić information content (AvgIpc) is 3.84. The van der Waals surface area contributed by atoms with E-state index in [1.54, 1.807) is 49.0 Å². The highest BCUT2D eigenvalue weighted by atomic mass is 32.2. The van der Waals surface area contributed by atoms with Crippen LogP contribution in [0.4, 0.5) is 11.4 Å². The van der Waals surface area contributed by atoms with Gasteiger partial charge in [-0.2, -0.15) is 0 Å². The molecular weight excluding hydrogens is 663 g/mol. The summed E-state index contributed by atoms with van der Waals surface area (Å²) >= 11 is 2.82. The number of imide groups is 1. The number of esters is 1. The van der Waals surface area contributed by atoms with Crippen LogP contribution >= 0.6 is 23.1 Å². The van der Waals surface area contributed by atoms with Gasteiger partial charge in [-0.05, 0) is 91.6 Å². The quantitative estimate of drug-likeness (QED) is 0.179. The van der Waals surface area contributed by atoms with E-state index >= 15 is 0 Å². The maximum Gasteiger partial charge on any atom is 0.338 e. The van der Waals surface area contributed by atoms with Crippen molar-refractivity contribution >= 4 is 58.2 Å². The second-order valence-electron chi connectivity index (χ2n) is 13.0. The summed E-state index contributed by atoms with van der Waals surface area (Å²) in [6.07, 6.45) is 0.760. The predicted molar refractivity (Wildman–Crippen MR) is 185 cm³/mol. The van der Waals surface area contributed by atoms with Crippen molar-refractivity contribution < 1.29 is 28.7 Å². The van der Waals surface area contributed by atoms with Gasteiger partial charge in [0.05, 0.1) is 34.7 Å². The molecule has 0 spiro atoms. The Labute approximate surface area is 290 Å². The van der Waals surface area contributed by atoms with Crippen LogP contribution in [0.3, 0.4) is 0 Å². The number of thiazole rings is 1. The Morgan fingerprint density at radius 3 is 2.47 bits per heavy atom. The van der Waals surface area contributed by atoms with Gasteiger partial charge < -0.3 is 19.8 Å². The van der Waals surface area contributed by atoms with Crippen LogP contribution in [0.15, 0.2) is 82.6 Å². The van der Waals surface area contributed by atoms with Gasteiger partial charge in [-0.15, -0.1) is 11.8 Å². The Morgan fingerprint density at radius 1 is 0.959 bits per heavy atom. The molecule has 2 aliphatic carbocycles. The largest absolute Gasteiger partial charge is 0.484 e. The molecular formula is C37H33N3O7S2. The van der Waals surface area contributed by atoms with Gasteiger partial charge >= 0.3 is 10.8 Å². The number of carbonyl (C=O) groups excluding carboxylic acids is 4. The highest BCUT2D eigenvalue weighted by molar-refractivity contribution is 8.00. The predicted octanol–water partition coefficient (Wildman–Crippen LogP) is 5.62. The molecule has 3 amide bonds. The number of anilines is 2. The molecule has 4 aliphatic rings. The van der Waals surface area contributed by atoms with Crippen LogP contribution in [0.1, 0.15) is 45.6 Å². The summed E-state index contributed by atoms with van der Waals surface area (Å²) in [4.78, 5) is 70.8. The number of carbonyl (C=O) groups is 4. The molecule has 250 valence electrons. The Hall–Kier alpha value is -4.68. The molecule has 1 saturated heterocycles. The van der Waals surface area contributed by atoms with Crippen molar-refractivity contribution in [3.8, 4) is 5.75 Å². The van der Waals surface area contributed by atoms with Crippen molar-refractivity contribution in [2.24, 2.45) is 29.6 Å². The molecule has 2 bridgehead atoms. The van der Waals surface area contributed by atoms with Crippen LogP contribution in [-0.4, -0.2) is 47.1 Å². The molecule has 7 atom stereocenters. The molecule has 3 heterocycles. The van der Waals surface area contributed by atoms with Crippen LogP contribution < -0.4 is 19.8 Å². The number of nitrogens with zero attached hydrogens (tertiary/aromatic N) is 1. The van der Waals surface area contributed by atoms with Gasteiger partial charge in [0.25, 0.3) is 5.91 Å². The number of H-pyrrole nitrogens is 1. The normalized spacial score (nSPS) is 26.2. The van der Waals surface area contributed by atoms with Crippen molar-refractivity contribution in [1.82, 2.24) is 4.98 Å². The van der Waals surface area contributed by atoms with E-state index < -0.39 is 17.8 Å². The topological polar surface area (TPSA) is 135 Å². The van der Waals surface area contributed by atoms with Gasteiger partial charge in [-0.25, -0.2) is 4.79 Å². The molecule has 1 aromatic heterocycles. The lowest BCUT2D eigenvalue weighted by Gasteiger charge is -2.43. The molecule has 0 radical (unpaired) electrons. The summed E-state index contributed by atoms with van der Waals surface area (Å²) in [6, 6.07) is 21.6. The lowest BCUT2D eigenvalue weighted by Crippen LogP contribution is -2.42. The van der Waals surface area contributed by atoms with Crippen molar-refractivity contribution in [3.63, 3.8) is 0 Å². The Balaban J connectivity index is 1.07. The Bertz CT molecular complexity index is 2060. The number of hydrogen-bond donors (Lipinski definition) is 2. The zero-order valence-corrected chi connectivity index (χ0v) is 28.3. The molecule has 10 nitrogen and oxygen atoms in total. The molecule has 0 unspecified atom stereocenters.